The number of nitrogens with zero attached hydrogens (tertiary/aromatic N) is 4. The molecule has 8 heteroatoms. The number of anilines is 1. The number of likely N-dealkylation sites (tertiary alicyclic amines) is 1. The Bertz CT molecular complexity index is 783. The van der Waals surface area contributed by atoms with Crippen LogP contribution in [-0.4, -0.2) is 44.7 Å². The van der Waals surface area contributed by atoms with Crippen LogP contribution in [0.2, 0.25) is 0 Å². The molecule has 7 nitrogen and oxygen atoms in total. The van der Waals surface area contributed by atoms with Gasteiger partial charge in [-0.15, -0.1) is 5.10 Å². The van der Waals surface area contributed by atoms with Crippen molar-refractivity contribution >= 4 is 22.8 Å². The van der Waals surface area contributed by atoms with Crippen molar-refractivity contribution in [1.82, 2.24) is 19.9 Å². The minimum atomic E-state index is -0.510. The number of fused-ring (bicyclic) bond motifs is 1. The molecule has 0 spiro atoms. The number of ether oxygens (including phenoxy) is 1. The van der Waals surface area contributed by atoms with Gasteiger partial charge < -0.3 is 15.4 Å². The van der Waals surface area contributed by atoms with Gasteiger partial charge in [0.2, 0.25) is 0 Å². The third-order valence-corrected chi connectivity index (χ3v) is 4.23. The zero-order valence-corrected chi connectivity index (χ0v) is 14.8. The van der Waals surface area contributed by atoms with Crippen LogP contribution < -0.4 is 5.73 Å². The molecule has 1 amide bonds. The number of piperidine rings is 1. The summed E-state index contributed by atoms with van der Waals surface area (Å²) in [4.78, 5) is 14.0. The fourth-order valence-corrected chi connectivity index (χ4v) is 3.09. The fourth-order valence-electron chi connectivity index (χ4n) is 3.09. The number of carbonyl (C=O) groups excluding carboxylic acids is 1. The van der Waals surface area contributed by atoms with Crippen LogP contribution in [0.1, 0.15) is 33.6 Å². The Balaban J connectivity index is 1.71. The molecule has 1 aliphatic heterocycles. The molecule has 0 bridgehead atoms. The Hall–Kier alpha value is -2.38. The van der Waals surface area contributed by atoms with E-state index < -0.39 is 11.4 Å². The molecule has 0 radical (unpaired) electrons. The number of halogens is 1. The highest BCUT2D eigenvalue weighted by Gasteiger charge is 2.28. The predicted octanol–water partition coefficient (Wildman–Crippen LogP) is 2.80. The number of nitrogens with two attached hydrogens (primary N) is 1. The van der Waals surface area contributed by atoms with Gasteiger partial charge in [0, 0.05) is 25.7 Å². The van der Waals surface area contributed by atoms with Crippen LogP contribution in [0.4, 0.5) is 14.9 Å². The number of rotatable bonds is 2. The van der Waals surface area contributed by atoms with E-state index in [1.54, 1.807) is 9.58 Å². The summed E-state index contributed by atoms with van der Waals surface area (Å²) in [5, 5.41) is 8.16. The molecule has 1 atom stereocenters. The second-order valence-corrected chi connectivity index (χ2v) is 7.57. The summed E-state index contributed by atoms with van der Waals surface area (Å²) in [5.41, 5.74) is 6.30. The first-order valence-electron chi connectivity index (χ1n) is 8.49. The molecule has 1 saturated heterocycles. The Morgan fingerprint density at radius 1 is 1.44 bits per heavy atom. The van der Waals surface area contributed by atoms with Gasteiger partial charge in [-0.25, -0.2) is 13.9 Å². The van der Waals surface area contributed by atoms with Crippen LogP contribution >= 0.6 is 0 Å². The van der Waals surface area contributed by atoms with E-state index in [-0.39, 0.29) is 17.7 Å². The summed E-state index contributed by atoms with van der Waals surface area (Å²) in [6.07, 6.45) is 1.58. The van der Waals surface area contributed by atoms with E-state index in [1.807, 2.05) is 20.8 Å². The monoisotopic (exact) mass is 349 g/mol. The molecule has 2 heterocycles. The number of aromatic nitrogens is 3. The third-order valence-electron chi connectivity index (χ3n) is 4.23. The quantitative estimate of drug-likeness (QED) is 0.843. The summed E-state index contributed by atoms with van der Waals surface area (Å²) in [6.45, 7) is 7.41. The highest BCUT2D eigenvalue weighted by atomic mass is 19.1. The standard InChI is InChI=1S/C17H24FN5O2/c1-17(2,3)25-16(24)22-6-4-5-11(9-22)10-23-15-7-12(18)13(19)8-14(15)20-21-23/h7-8,11H,4-6,9-10,19H2,1-3H3. The van der Waals surface area contributed by atoms with Crippen molar-refractivity contribution < 1.29 is 13.9 Å². The van der Waals surface area contributed by atoms with Gasteiger partial charge in [0.15, 0.2) is 0 Å². The van der Waals surface area contributed by atoms with Crippen molar-refractivity contribution in [3.63, 3.8) is 0 Å². The minimum Gasteiger partial charge on any atom is -0.444 e. The summed E-state index contributed by atoms with van der Waals surface area (Å²) >= 11 is 0. The molecule has 2 N–H and O–H groups in total. The Morgan fingerprint density at radius 2 is 2.20 bits per heavy atom. The van der Waals surface area contributed by atoms with Gasteiger partial charge in [-0.05, 0) is 45.6 Å². The number of nitrogen functional groups attached to an aromatic ring is 1. The number of benzene rings is 1. The molecule has 136 valence electrons. The first-order chi connectivity index (χ1) is 11.7. The van der Waals surface area contributed by atoms with Crippen molar-refractivity contribution in [2.45, 2.75) is 45.8 Å². The van der Waals surface area contributed by atoms with Crippen LogP contribution in [0.25, 0.3) is 11.0 Å². The van der Waals surface area contributed by atoms with Crippen molar-refractivity contribution in [1.29, 1.82) is 0 Å². The second kappa shape index (κ2) is 6.50. The smallest absolute Gasteiger partial charge is 0.410 e. The van der Waals surface area contributed by atoms with E-state index in [2.05, 4.69) is 10.3 Å². The van der Waals surface area contributed by atoms with Crippen molar-refractivity contribution in [3.05, 3.63) is 17.9 Å². The maximum absolute atomic E-state index is 13.7. The van der Waals surface area contributed by atoms with E-state index in [4.69, 9.17) is 10.5 Å². The molecular weight excluding hydrogens is 325 g/mol. The molecule has 0 saturated carbocycles. The van der Waals surface area contributed by atoms with E-state index in [1.165, 1.54) is 12.1 Å². The Kier molecular flexibility index (Phi) is 4.53. The van der Waals surface area contributed by atoms with E-state index in [0.717, 1.165) is 12.8 Å². The van der Waals surface area contributed by atoms with Gasteiger partial charge in [-0.2, -0.15) is 0 Å². The molecule has 3 rings (SSSR count). The van der Waals surface area contributed by atoms with Crippen molar-refractivity contribution in [2.24, 2.45) is 5.92 Å². The van der Waals surface area contributed by atoms with E-state index in [9.17, 15) is 9.18 Å². The lowest BCUT2D eigenvalue weighted by Crippen LogP contribution is -2.43. The average Bonchev–Trinajstić information content (AvgIpc) is 2.88. The first kappa shape index (κ1) is 17.4. The summed E-state index contributed by atoms with van der Waals surface area (Å²) in [6, 6.07) is 2.85. The normalized spacial score (nSPS) is 18.6. The van der Waals surface area contributed by atoms with Gasteiger partial charge in [-0.1, -0.05) is 5.21 Å². The van der Waals surface area contributed by atoms with Gasteiger partial charge in [-0.3, -0.25) is 0 Å². The number of amides is 1. The third kappa shape index (κ3) is 4.00. The molecule has 0 aliphatic carbocycles. The molecular formula is C17H24FN5O2. The average molecular weight is 349 g/mol. The lowest BCUT2D eigenvalue weighted by atomic mass is 9.98. The minimum absolute atomic E-state index is 0.0633. The van der Waals surface area contributed by atoms with E-state index >= 15 is 0 Å². The van der Waals surface area contributed by atoms with E-state index in [0.29, 0.717) is 30.7 Å². The van der Waals surface area contributed by atoms with Crippen LogP contribution in [0.3, 0.4) is 0 Å². The number of carbonyl (C=O) groups is 1. The van der Waals surface area contributed by atoms with Gasteiger partial charge in [0.25, 0.3) is 0 Å². The summed E-state index contributed by atoms with van der Waals surface area (Å²) in [7, 11) is 0. The highest BCUT2D eigenvalue weighted by molar-refractivity contribution is 5.78. The second-order valence-electron chi connectivity index (χ2n) is 7.57. The maximum Gasteiger partial charge on any atom is 0.410 e. The molecule has 1 aliphatic rings. The highest BCUT2D eigenvalue weighted by Crippen LogP contribution is 2.23. The van der Waals surface area contributed by atoms with Crippen LogP contribution in [-0.2, 0) is 11.3 Å². The van der Waals surface area contributed by atoms with Crippen LogP contribution in [0.15, 0.2) is 12.1 Å². The van der Waals surface area contributed by atoms with Crippen LogP contribution in [0.5, 0.6) is 0 Å². The molecule has 2 aromatic rings. The van der Waals surface area contributed by atoms with Gasteiger partial charge in [0.05, 0.1) is 11.2 Å². The molecule has 1 fully saturated rings. The van der Waals surface area contributed by atoms with Crippen LogP contribution in [0, 0.1) is 11.7 Å². The molecule has 1 aromatic heterocycles. The van der Waals surface area contributed by atoms with Gasteiger partial charge in [0.1, 0.15) is 16.9 Å². The lowest BCUT2D eigenvalue weighted by molar-refractivity contribution is 0.0155. The maximum atomic E-state index is 13.7. The van der Waals surface area contributed by atoms with Crippen molar-refractivity contribution in [3.8, 4) is 0 Å². The number of hydrogen-bond donors (Lipinski definition) is 1. The zero-order valence-electron chi connectivity index (χ0n) is 14.8. The SMILES string of the molecule is CC(C)(C)OC(=O)N1CCCC(Cn2nnc3cc(N)c(F)cc32)C1. The first-order valence-corrected chi connectivity index (χ1v) is 8.49. The Labute approximate surface area is 145 Å². The fraction of sp³-hybridized carbons (Fsp3) is 0.588. The molecule has 25 heavy (non-hydrogen) atoms. The molecule has 1 aromatic carbocycles. The lowest BCUT2D eigenvalue weighted by Gasteiger charge is -2.34. The number of hydrogen-bond acceptors (Lipinski definition) is 5. The largest absolute Gasteiger partial charge is 0.444 e. The summed E-state index contributed by atoms with van der Waals surface area (Å²) in [5.74, 6) is -0.262. The topological polar surface area (TPSA) is 86.3 Å². The van der Waals surface area contributed by atoms with Crippen molar-refractivity contribution in [2.75, 3.05) is 18.8 Å². The van der Waals surface area contributed by atoms with Gasteiger partial charge >= 0.3 is 6.09 Å². The molecule has 1 unspecified atom stereocenters. The Morgan fingerprint density at radius 3 is 2.92 bits per heavy atom. The zero-order chi connectivity index (χ0) is 18.2. The summed E-state index contributed by atoms with van der Waals surface area (Å²) < 4.78 is 20.9. The predicted molar refractivity (Wildman–Crippen MR) is 92.4 cm³/mol.